The lowest BCUT2D eigenvalue weighted by Gasteiger charge is -2.35. The van der Waals surface area contributed by atoms with Crippen molar-refractivity contribution in [2.45, 2.75) is 0 Å². The van der Waals surface area contributed by atoms with Crippen LogP contribution >= 0.6 is 23.2 Å². The van der Waals surface area contributed by atoms with Gasteiger partial charge in [-0.2, -0.15) is 0 Å². The number of aromatic nitrogens is 2. The minimum absolute atomic E-state index is 0.0417. The Bertz CT molecular complexity index is 1060. The lowest BCUT2D eigenvalue weighted by molar-refractivity contribution is -0.126. The summed E-state index contributed by atoms with van der Waals surface area (Å²) < 4.78 is 0. The largest absolute Gasteiger partial charge is 0.352 e. The van der Waals surface area contributed by atoms with Gasteiger partial charge >= 0.3 is 0 Å². The molecule has 0 aliphatic carbocycles. The molecule has 7 heteroatoms. The second kappa shape index (κ2) is 7.78. The fourth-order valence-corrected chi connectivity index (χ4v) is 3.97. The minimum Gasteiger partial charge on any atom is -0.352 e. The van der Waals surface area contributed by atoms with Crippen LogP contribution in [0.3, 0.4) is 0 Å². The third-order valence-electron chi connectivity index (χ3n) is 4.93. The molecule has 1 aliphatic heterocycles. The molecular weight excluding hydrogens is 395 g/mol. The zero-order valence-electron chi connectivity index (χ0n) is 15.1. The molecule has 5 nitrogen and oxygen atoms in total. The Kier molecular flexibility index (Phi) is 5.20. The Morgan fingerprint density at radius 2 is 1.75 bits per heavy atom. The third-order valence-corrected chi connectivity index (χ3v) is 5.57. The lowest BCUT2D eigenvalue weighted by Crippen LogP contribution is -2.48. The average molecular weight is 413 g/mol. The molecule has 1 aliphatic rings. The molecule has 3 aromatic rings. The van der Waals surface area contributed by atoms with Crippen LogP contribution in [0.15, 0.2) is 55.4 Å². The highest BCUT2D eigenvalue weighted by molar-refractivity contribution is 6.37. The first-order chi connectivity index (χ1) is 13.6. The van der Waals surface area contributed by atoms with E-state index in [1.165, 1.54) is 6.08 Å². The van der Waals surface area contributed by atoms with Gasteiger partial charge in [0, 0.05) is 47.7 Å². The van der Waals surface area contributed by atoms with Crippen molar-refractivity contribution >= 4 is 45.8 Å². The highest BCUT2D eigenvalue weighted by atomic mass is 35.5. The zero-order valence-corrected chi connectivity index (χ0v) is 16.6. The molecule has 0 N–H and O–H groups in total. The van der Waals surface area contributed by atoms with Crippen molar-refractivity contribution in [3.8, 4) is 11.1 Å². The zero-order chi connectivity index (χ0) is 19.7. The van der Waals surface area contributed by atoms with E-state index in [9.17, 15) is 4.79 Å². The van der Waals surface area contributed by atoms with Gasteiger partial charge in [-0.05, 0) is 24.3 Å². The van der Waals surface area contributed by atoms with Crippen molar-refractivity contribution < 1.29 is 4.79 Å². The number of rotatable bonds is 3. The molecule has 2 heterocycles. The lowest BCUT2D eigenvalue weighted by atomic mass is 10.0. The van der Waals surface area contributed by atoms with E-state index in [-0.39, 0.29) is 5.91 Å². The number of amides is 1. The van der Waals surface area contributed by atoms with E-state index in [1.54, 1.807) is 11.2 Å². The van der Waals surface area contributed by atoms with E-state index in [1.807, 2.05) is 36.4 Å². The number of piperazine rings is 1. The third kappa shape index (κ3) is 3.43. The Hall–Kier alpha value is -2.63. The number of carbonyl (C=O) groups is 1. The van der Waals surface area contributed by atoms with Crippen LogP contribution in [-0.4, -0.2) is 47.0 Å². The Morgan fingerprint density at radius 1 is 1.00 bits per heavy atom. The molecule has 142 valence electrons. The van der Waals surface area contributed by atoms with E-state index < -0.39 is 0 Å². The molecule has 1 fully saturated rings. The highest BCUT2D eigenvalue weighted by Gasteiger charge is 2.22. The van der Waals surface area contributed by atoms with Crippen molar-refractivity contribution in [3.05, 3.63) is 65.4 Å². The van der Waals surface area contributed by atoms with Crippen LogP contribution in [0.25, 0.3) is 22.0 Å². The second-order valence-corrected chi connectivity index (χ2v) is 7.36. The van der Waals surface area contributed by atoms with Crippen LogP contribution in [0.2, 0.25) is 10.0 Å². The molecule has 28 heavy (non-hydrogen) atoms. The number of fused-ring (bicyclic) bond motifs is 1. The Labute approximate surface area is 173 Å². The maximum Gasteiger partial charge on any atom is 0.246 e. The molecule has 1 saturated heterocycles. The quantitative estimate of drug-likeness (QED) is 0.596. The smallest absolute Gasteiger partial charge is 0.246 e. The predicted octanol–water partition coefficient (Wildman–Crippen LogP) is 4.44. The summed E-state index contributed by atoms with van der Waals surface area (Å²) in [5, 5.41) is 2.13. The van der Waals surface area contributed by atoms with Crippen LogP contribution in [-0.2, 0) is 4.79 Å². The van der Waals surface area contributed by atoms with Crippen LogP contribution in [0, 0.1) is 0 Å². The summed E-state index contributed by atoms with van der Waals surface area (Å²) in [4.78, 5) is 24.7. The van der Waals surface area contributed by atoms with Gasteiger partial charge < -0.3 is 9.80 Å². The van der Waals surface area contributed by atoms with Gasteiger partial charge in [0.25, 0.3) is 0 Å². The van der Waals surface area contributed by atoms with E-state index in [0.29, 0.717) is 36.2 Å². The van der Waals surface area contributed by atoms with Gasteiger partial charge in [0.15, 0.2) is 0 Å². The van der Waals surface area contributed by atoms with Gasteiger partial charge in [-0.1, -0.05) is 48.0 Å². The van der Waals surface area contributed by atoms with Gasteiger partial charge in [-0.25, -0.2) is 9.97 Å². The van der Waals surface area contributed by atoms with E-state index >= 15 is 0 Å². The van der Waals surface area contributed by atoms with Gasteiger partial charge in [-0.3, -0.25) is 4.79 Å². The highest BCUT2D eigenvalue weighted by Crippen LogP contribution is 2.37. The maximum atomic E-state index is 11.8. The molecule has 1 aromatic heterocycles. The van der Waals surface area contributed by atoms with Crippen molar-refractivity contribution in [2.75, 3.05) is 31.1 Å². The summed E-state index contributed by atoms with van der Waals surface area (Å²) in [5.41, 5.74) is 2.49. The number of hydrogen-bond donors (Lipinski definition) is 0. The standard InChI is InChI=1S/C21H18Cl2N4O/c1-2-20(28)26-7-9-27(10-8-26)21-16-11-15(14-5-3-4-6-17(14)22)18(23)12-19(16)24-13-25-21/h2-6,11-13H,1,7-10H2. The predicted molar refractivity (Wildman–Crippen MR) is 114 cm³/mol. The SMILES string of the molecule is C=CC(=O)N1CCN(c2ncnc3cc(Cl)c(-c4ccccc4Cl)cc23)CC1. The maximum absolute atomic E-state index is 11.8. The first-order valence-electron chi connectivity index (χ1n) is 8.94. The summed E-state index contributed by atoms with van der Waals surface area (Å²) in [7, 11) is 0. The average Bonchev–Trinajstić information content (AvgIpc) is 2.73. The van der Waals surface area contributed by atoms with Crippen LogP contribution < -0.4 is 4.90 Å². The summed E-state index contributed by atoms with van der Waals surface area (Å²) in [6, 6.07) is 11.4. The number of benzene rings is 2. The van der Waals surface area contributed by atoms with Crippen LogP contribution in [0.5, 0.6) is 0 Å². The Morgan fingerprint density at radius 3 is 2.46 bits per heavy atom. The number of hydrogen-bond acceptors (Lipinski definition) is 4. The van der Waals surface area contributed by atoms with Crippen molar-refractivity contribution in [1.82, 2.24) is 14.9 Å². The number of nitrogens with zero attached hydrogens (tertiary/aromatic N) is 4. The van der Waals surface area contributed by atoms with Crippen LogP contribution in [0.1, 0.15) is 0 Å². The molecular formula is C21H18Cl2N4O. The second-order valence-electron chi connectivity index (χ2n) is 6.54. The molecule has 2 aromatic carbocycles. The van der Waals surface area contributed by atoms with Crippen molar-refractivity contribution in [2.24, 2.45) is 0 Å². The summed E-state index contributed by atoms with van der Waals surface area (Å²) in [6.45, 7) is 6.19. The minimum atomic E-state index is -0.0417. The molecule has 0 saturated carbocycles. The number of carbonyl (C=O) groups excluding carboxylic acids is 1. The van der Waals surface area contributed by atoms with Gasteiger partial charge in [-0.15, -0.1) is 0 Å². The molecule has 4 rings (SSSR count). The molecule has 1 amide bonds. The first-order valence-corrected chi connectivity index (χ1v) is 9.69. The molecule has 0 atom stereocenters. The van der Waals surface area contributed by atoms with E-state index in [2.05, 4.69) is 21.4 Å². The summed E-state index contributed by atoms with van der Waals surface area (Å²) in [5.74, 6) is 0.792. The molecule has 0 unspecified atom stereocenters. The fraction of sp³-hybridized carbons (Fsp3) is 0.190. The van der Waals surface area contributed by atoms with Gasteiger partial charge in [0.2, 0.25) is 5.91 Å². The first kappa shape index (κ1) is 18.7. The summed E-state index contributed by atoms with van der Waals surface area (Å²) >= 11 is 12.9. The normalized spacial score (nSPS) is 14.4. The van der Waals surface area contributed by atoms with Gasteiger partial charge in [0.05, 0.1) is 10.5 Å². The van der Waals surface area contributed by atoms with Crippen LogP contribution in [0.4, 0.5) is 5.82 Å². The fourth-order valence-electron chi connectivity index (χ4n) is 3.47. The van der Waals surface area contributed by atoms with Crippen molar-refractivity contribution in [1.29, 1.82) is 0 Å². The number of anilines is 1. The molecule has 0 bridgehead atoms. The molecule has 0 radical (unpaired) electrons. The van der Waals surface area contributed by atoms with E-state index in [0.717, 1.165) is 27.8 Å². The molecule has 0 spiro atoms. The summed E-state index contributed by atoms with van der Waals surface area (Å²) in [6.07, 6.45) is 2.90. The van der Waals surface area contributed by atoms with Crippen molar-refractivity contribution in [3.63, 3.8) is 0 Å². The van der Waals surface area contributed by atoms with Gasteiger partial charge in [0.1, 0.15) is 12.1 Å². The monoisotopic (exact) mass is 412 g/mol. The Balaban J connectivity index is 1.74. The topological polar surface area (TPSA) is 49.3 Å². The van der Waals surface area contributed by atoms with E-state index in [4.69, 9.17) is 23.2 Å². The number of halogens is 2.